The highest BCUT2D eigenvalue weighted by molar-refractivity contribution is 7.95. The minimum Gasteiger partial charge on any atom is -0.325 e. The summed E-state index contributed by atoms with van der Waals surface area (Å²) in [6.07, 6.45) is -0.0866. The summed E-state index contributed by atoms with van der Waals surface area (Å²) in [5.74, 6) is -1.53. The number of nitrogens with one attached hydrogen (secondary N) is 2. The maximum atomic E-state index is 13.7. The second-order valence-electron chi connectivity index (χ2n) is 8.31. The molecule has 3 aromatic rings. The molecule has 1 atom stereocenters. The van der Waals surface area contributed by atoms with Crippen molar-refractivity contribution in [1.29, 1.82) is 0 Å². The Bertz CT molecular complexity index is 1140. The van der Waals surface area contributed by atoms with E-state index >= 15 is 0 Å². The first-order valence-electron chi connectivity index (χ1n) is 10.6. The van der Waals surface area contributed by atoms with Gasteiger partial charge in [-0.3, -0.25) is 9.52 Å². The third-order valence-corrected chi connectivity index (χ3v) is 6.46. The molecule has 1 heterocycles. The molecule has 2 aromatic carbocycles. The van der Waals surface area contributed by atoms with Gasteiger partial charge in [0.05, 0.1) is 15.7 Å². The van der Waals surface area contributed by atoms with E-state index in [0.29, 0.717) is 11.6 Å². The minimum atomic E-state index is -1.06. The lowest BCUT2D eigenvalue weighted by Crippen LogP contribution is -2.51. The molecule has 0 aliphatic rings. The van der Waals surface area contributed by atoms with Crippen molar-refractivity contribution in [3.8, 4) is 0 Å². The van der Waals surface area contributed by atoms with Crippen molar-refractivity contribution in [3.05, 3.63) is 59.1 Å². The molecule has 0 radical (unpaired) electrons. The normalized spacial score (nSPS) is 12.2. The van der Waals surface area contributed by atoms with Gasteiger partial charge in [-0.1, -0.05) is 13.8 Å². The van der Waals surface area contributed by atoms with Gasteiger partial charge < -0.3 is 10.2 Å². The van der Waals surface area contributed by atoms with E-state index in [1.165, 1.54) is 16.2 Å². The molecule has 1 aromatic heterocycles. The second kappa shape index (κ2) is 11.6. The van der Waals surface area contributed by atoms with E-state index in [4.69, 9.17) is 0 Å². The number of benzene rings is 2. The summed E-state index contributed by atoms with van der Waals surface area (Å²) in [7, 11) is 3.42. The molecule has 2 N–H and O–H groups in total. The average molecular weight is 508 g/mol. The number of halogens is 2. The highest BCUT2D eigenvalue weighted by Gasteiger charge is 2.26. The van der Waals surface area contributed by atoms with Crippen LogP contribution in [-0.4, -0.2) is 47.9 Å². The number of fused-ring (bicyclic) bond motifs is 1. The Hall–Kier alpha value is -2.76. The predicted octanol–water partition coefficient (Wildman–Crippen LogP) is 4.60. The van der Waals surface area contributed by atoms with Crippen LogP contribution >= 0.6 is 23.5 Å². The summed E-state index contributed by atoms with van der Waals surface area (Å²) >= 11 is 2.59. The van der Waals surface area contributed by atoms with Gasteiger partial charge in [0, 0.05) is 43.9 Å². The average Bonchev–Trinajstić information content (AvgIpc) is 3.23. The van der Waals surface area contributed by atoms with Crippen LogP contribution in [-0.2, 0) is 11.2 Å². The van der Waals surface area contributed by atoms with Gasteiger partial charge in [0.2, 0.25) is 5.91 Å². The minimum absolute atomic E-state index is 0.0866. The van der Waals surface area contributed by atoms with Crippen molar-refractivity contribution in [1.82, 2.24) is 19.3 Å². The number of urea groups is 1. The first-order valence-corrected chi connectivity index (χ1v) is 12.3. The van der Waals surface area contributed by atoms with E-state index in [2.05, 4.69) is 28.9 Å². The fraction of sp³-hybridized carbons (Fsp3) is 0.348. The van der Waals surface area contributed by atoms with Crippen LogP contribution in [0.5, 0.6) is 0 Å². The monoisotopic (exact) mass is 507 g/mol. The number of likely N-dealkylation sites (N-methyl/N-ethyl adjacent to an activating group) is 1. The van der Waals surface area contributed by atoms with Crippen LogP contribution in [0.1, 0.15) is 19.4 Å². The number of hydrogen-bond donors (Lipinski definition) is 2. The van der Waals surface area contributed by atoms with Gasteiger partial charge in [-0.25, -0.2) is 22.9 Å². The van der Waals surface area contributed by atoms with Gasteiger partial charge in [-0.2, -0.15) is 0 Å². The summed E-state index contributed by atoms with van der Waals surface area (Å²) in [5, 5.41) is 2.65. The van der Waals surface area contributed by atoms with E-state index in [9.17, 15) is 18.4 Å². The number of thiazole rings is 1. The van der Waals surface area contributed by atoms with E-state index in [1.807, 2.05) is 17.4 Å². The van der Waals surface area contributed by atoms with E-state index in [0.717, 1.165) is 47.1 Å². The Morgan fingerprint density at radius 3 is 2.50 bits per heavy atom. The van der Waals surface area contributed by atoms with Crippen molar-refractivity contribution in [2.75, 3.05) is 25.5 Å². The Morgan fingerprint density at radius 1 is 1.12 bits per heavy atom. The van der Waals surface area contributed by atoms with E-state index in [-0.39, 0.29) is 12.0 Å². The summed E-state index contributed by atoms with van der Waals surface area (Å²) in [5.41, 5.74) is 3.31. The van der Waals surface area contributed by atoms with Gasteiger partial charge in [0.15, 0.2) is 0 Å². The van der Waals surface area contributed by atoms with Crippen molar-refractivity contribution in [2.45, 2.75) is 26.3 Å². The summed E-state index contributed by atoms with van der Waals surface area (Å²) in [6.45, 7) is 4.86. The maximum Gasteiger partial charge on any atom is 0.326 e. The van der Waals surface area contributed by atoms with Gasteiger partial charge in [0.1, 0.15) is 17.7 Å². The number of nitrogens with zero attached hydrogens (tertiary/aromatic N) is 3. The fourth-order valence-electron chi connectivity index (χ4n) is 3.44. The van der Waals surface area contributed by atoms with Gasteiger partial charge in [0.25, 0.3) is 0 Å². The van der Waals surface area contributed by atoms with Gasteiger partial charge in [-0.05, 0) is 48.9 Å². The predicted molar refractivity (Wildman–Crippen MR) is 134 cm³/mol. The molecule has 0 saturated heterocycles. The summed E-state index contributed by atoms with van der Waals surface area (Å²) in [4.78, 5) is 31.6. The SMILES string of the molecule is CC(C)CN(C)SNC(=O)NC(Cc1cc(F)cc(F)c1)C(=O)N(C)c1ccc2scnc2c1. The quantitative estimate of drug-likeness (QED) is 0.414. The number of carbonyl (C=O) groups is 2. The lowest BCUT2D eigenvalue weighted by Gasteiger charge is -2.25. The first kappa shape index (κ1) is 25.9. The Morgan fingerprint density at radius 2 is 1.82 bits per heavy atom. The van der Waals surface area contributed by atoms with E-state index in [1.54, 1.807) is 24.7 Å². The molecule has 0 aliphatic carbocycles. The van der Waals surface area contributed by atoms with Crippen LogP contribution in [0.3, 0.4) is 0 Å². The first-order chi connectivity index (χ1) is 16.1. The lowest BCUT2D eigenvalue weighted by molar-refractivity contribution is -0.120. The Kier molecular flexibility index (Phi) is 8.81. The molecule has 0 aliphatic heterocycles. The number of hydrogen-bond acceptors (Lipinski definition) is 6. The Balaban J connectivity index is 1.77. The highest BCUT2D eigenvalue weighted by atomic mass is 32.2. The van der Waals surface area contributed by atoms with Gasteiger partial charge in [-0.15, -0.1) is 11.3 Å². The molecule has 182 valence electrons. The standard InChI is InChI=1S/C23H27F2N5O2S2/c1-14(2)12-29(3)34-28-23(32)27-20(9-15-7-16(24)10-17(25)8-15)22(31)30(4)18-5-6-21-19(11-18)26-13-33-21/h5-8,10-11,13-14,20H,9,12H2,1-4H3,(H2,27,28,32). The molecule has 0 saturated carbocycles. The zero-order chi connectivity index (χ0) is 24.8. The smallest absolute Gasteiger partial charge is 0.325 e. The molecule has 1 unspecified atom stereocenters. The number of rotatable bonds is 9. The van der Waals surface area contributed by atoms with E-state index < -0.39 is 29.6 Å². The molecule has 34 heavy (non-hydrogen) atoms. The molecule has 7 nitrogen and oxygen atoms in total. The van der Waals surface area contributed by atoms with Crippen LogP contribution in [0.15, 0.2) is 41.9 Å². The van der Waals surface area contributed by atoms with Crippen molar-refractivity contribution >= 4 is 51.3 Å². The van der Waals surface area contributed by atoms with Crippen LogP contribution < -0.4 is 14.9 Å². The number of aromatic nitrogens is 1. The zero-order valence-electron chi connectivity index (χ0n) is 19.3. The fourth-order valence-corrected chi connectivity index (χ4v) is 4.77. The number of carbonyl (C=O) groups excluding carboxylic acids is 2. The summed E-state index contributed by atoms with van der Waals surface area (Å²) < 4.78 is 33.0. The number of anilines is 1. The zero-order valence-corrected chi connectivity index (χ0v) is 21.0. The largest absolute Gasteiger partial charge is 0.326 e. The van der Waals surface area contributed by atoms with Gasteiger partial charge >= 0.3 is 6.03 Å². The topological polar surface area (TPSA) is 77.6 Å². The van der Waals surface area contributed by atoms with Crippen molar-refractivity contribution < 1.29 is 18.4 Å². The molecule has 0 bridgehead atoms. The molecule has 11 heteroatoms. The van der Waals surface area contributed by atoms with Crippen LogP contribution in [0.2, 0.25) is 0 Å². The molecule has 0 fully saturated rings. The maximum absolute atomic E-state index is 13.7. The lowest BCUT2D eigenvalue weighted by atomic mass is 10.0. The molecular formula is C23H27F2N5O2S2. The molecule has 3 amide bonds. The van der Waals surface area contributed by atoms with Crippen molar-refractivity contribution in [3.63, 3.8) is 0 Å². The second-order valence-corrected chi connectivity index (χ2v) is 10.2. The van der Waals surface area contributed by atoms with Crippen LogP contribution in [0, 0.1) is 17.6 Å². The highest BCUT2D eigenvalue weighted by Crippen LogP contribution is 2.24. The third-order valence-electron chi connectivity index (χ3n) is 4.91. The Labute approximate surface area is 205 Å². The van der Waals surface area contributed by atoms with Crippen LogP contribution in [0.25, 0.3) is 10.2 Å². The summed E-state index contributed by atoms with van der Waals surface area (Å²) in [6, 6.07) is 6.84. The van der Waals surface area contributed by atoms with Crippen molar-refractivity contribution in [2.24, 2.45) is 5.92 Å². The third kappa shape index (κ3) is 7.12. The molecule has 0 spiro atoms. The van der Waals surface area contributed by atoms with Crippen LogP contribution in [0.4, 0.5) is 19.3 Å². The molecule has 3 rings (SSSR count). The number of amides is 3. The molecular weight excluding hydrogens is 480 g/mol.